The highest BCUT2D eigenvalue weighted by molar-refractivity contribution is 7.10. The number of nitrogens with zero attached hydrogens (tertiary/aromatic N) is 2. The molecule has 2 aromatic carbocycles. The Hall–Kier alpha value is -3.45. The fourth-order valence-electron chi connectivity index (χ4n) is 3.49. The Kier molecular flexibility index (Phi) is 5.90. The number of nitrogens with one attached hydrogen (secondary N) is 2. The van der Waals surface area contributed by atoms with Crippen molar-refractivity contribution in [2.24, 2.45) is 0 Å². The van der Waals surface area contributed by atoms with Gasteiger partial charge in [0.25, 0.3) is 0 Å². The molecular formula is C23H22N4O2S. The van der Waals surface area contributed by atoms with Crippen LogP contribution in [0.3, 0.4) is 0 Å². The zero-order valence-electron chi connectivity index (χ0n) is 16.5. The van der Waals surface area contributed by atoms with Crippen LogP contribution in [0.15, 0.2) is 72.2 Å². The number of aromatic nitrogens is 2. The number of fused-ring (bicyclic) bond motifs is 1. The predicted octanol–water partition coefficient (Wildman–Crippen LogP) is 4.35. The Bertz CT molecular complexity index is 1160. The minimum Gasteiger partial charge on any atom is -0.348 e. The molecule has 2 amide bonds. The molecule has 4 aromatic rings. The summed E-state index contributed by atoms with van der Waals surface area (Å²) >= 11 is 1.52. The van der Waals surface area contributed by atoms with Crippen molar-refractivity contribution in [2.75, 3.05) is 5.32 Å². The second kappa shape index (κ2) is 8.92. The van der Waals surface area contributed by atoms with Crippen LogP contribution in [-0.4, -0.2) is 21.6 Å². The van der Waals surface area contributed by atoms with Gasteiger partial charge in [0, 0.05) is 17.9 Å². The minimum atomic E-state index is -0.350. The Morgan fingerprint density at radius 1 is 1.07 bits per heavy atom. The first-order valence-electron chi connectivity index (χ1n) is 9.69. The molecule has 30 heavy (non-hydrogen) atoms. The van der Waals surface area contributed by atoms with E-state index in [9.17, 15) is 9.59 Å². The molecule has 6 nitrogen and oxygen atoms in total. The average molecular weight is 419 g/mol. The number of amides is 2. The standard InChI is InChI=1S/C23H22N4O2S/c1-16(28)25-20(21-10-5-13-30-21)14-23(29)26-22-11-12-24-27(22)15-18-8-4-7-17-6-2-3-9-19(17)18/h2-13,20H,14-15H2,1H3,(H,25,28)(H,26,29). The van der Waals surface area contributed by atoms with E-state index in [-0.39, 0.29) is 24.3 Å². The molecule has 0 saturated carbocycles. The number of carbonyl (C=O) groups excluding carboxylic acids is 2. The molecule has 1 atom stereocenters. The number of benzene rings is 2. The van der Waals surface area contributed by atoms with Gasteiger partial charge in [-0.2, -0.15) is 5.10 Å². The largest absolute Gasteiger partial charge is 0.348 e. The third-order valence-corrected chi connectivity index (χ3v) is 5.82. The van der Waals surface area contributed by atoms with Crippen LogP contribution in [0, 0.1) is 0 Å². The molecule has 0 aliphatic carbocycles. The summed E-state index contributed by atoms with van der Waals surface area (Å²) in [7, 11) is 0. The van der Waals surface area contributed by atoms with Crippen molar-refractivity contribution in [3.63, 3.8) is 0 Å². The Morgan fingerprint density at radius 2 is 1.90 bits per heavy atom. The highest BCUT2D eigenvalue weighted by atomic mass is 32.1. The molecule has 4 rings (SSSR count). The van der Waals surface area contributed by atoms with Crippen molar-refractivity contribution in [2.45, 2.75) is 25.9 Å². The summed E-state index contributed by atoms with van der Waals surface area (Å²) in [5, 5.41) is 14.4. The summed E-state index contributed by atoms with van der Waals surface area (Å²) in [6, 6.07) is 19.6. The number of hydrogen-bond donors (Lipinski definition) is 2. The van der Waals surface area contributed by atoms with Crippen molar-refractivity contribution >= 4 is 39.7 Å². The number of anilines is 1. The van der Waals surface area contributed by atoms with Gasteiger partial charge >= 0.3 is 0 Å². The van der Waals surface area contributed by atoms with Crippen molar-refractivity contribution in [1.29, 1.82) is 0 Å². The maximum atomic E-state index is 12.7. The summed E-state index contributed by atoms with van der Waals surface area (Å²) in [5.41, 5.74) is 1.13. The van der Waals surface area contributed by atoms with Crippen molar-refractivity contribution in [3.8, 4) is 0 Å². The SMILES string of the molecule is CC(=O)NC(CC(=O)Nc1ccnn1Cc1cccc2ccccc12)c1cccs1. The molecule has 0 fully saturated rings. The van der Waals surface area contributed by atoms with Gasteiger partial charge in [-0.15, -0.1) is 11.3 Å². The van der Waals surface area contributed by atoms with Gasteiger partial charge in [-0.05, 0) is 27.8 Å². The van der Waals surface area contributed by atoms with Crippen LogP contribution in [-0.2, 0) is 16.1 Å². The lowest BCUT2D eigenvalue weighted by atomic mass is 10.0. The van der Waals surface area contributed by atoms with Crippen molar-refractivity contribution < 1.29 is 9.59 Å². The zero-order valence-corrected chi connectivity index (χ0v) is 17.4. The van der Waals surface area contributed by atoms with E-state index in [2.05, 4.69) is 40.0 Å². The zero-order chi connectivity index (χ0) is 20.9. The lowest BCUT2D eigenvalue weighted by Crippen LogP contribution is -2.29. The molecule has 2 heterocycles. The summed E-state index contributed by atoms with van der Waals surface area (Å²) in [5.74, 6) is 0.282. The van der Waals surface area contributed by atoms with E-state index in [0.717, 1.165) is 15.8 Å². The monoisotopic (exact) mass is 418 g/mol. The number of carbonyl (C=O) groups is 2. The molecule has 0 radical (unpaired) electrons. The molecule has 0 aliphatic rings. The maximum Gasteiger partial charge on any atom is 0.227 e. The lowest BCUT2D eigenvalue weighted by Gasteiger charge is -2.17. The fraction of sp³-hybridized carbons (Fsp3) is 0.174. The van der Waals surface area contributed by atoms with Gasteiger partial charge in [0.2, 0.25) is 11.8 Å². The van der Waals surface area contributed by atoms with E-state index in [0.29, 0.717) is 12.4 Å². The van der Waals surface area contributed by atoms with Crippen molar-refractivity contribution in [1.82, 2.24) is 15.1 Å². The van der Waals surface area contributed by atoms with Gasteiger partial charge in [-0.1, -0.05) is 48.5 Å². The average Bonchev–Trinajstić information content (AvgIpc) is 3.40. The van der Waals surface area contributed by atoms with E-state index in [1.54, 1.807) is 16.9 Å². The smallest absolute Gasteiger partial charge is 0.227 e. The van der Waals surface area contributed by atoms with Gasteiger partial charge in [-0.3, -0.25) is 9.59 Å². The summed E-state index contributed by atoms with van der Waals surface area (Å²) < 4.78 is 1.78. The third kappa shape index (κ3) is 4.58. The molecule has 7 heteroatoms. The molecule has 0 saturated heterocycles. The van der Waals surface area contributed by atoms with Gasteiger partial charge in [0.15, 0.2) is 0 Å². The molecule has 0 bridgehead atoms. The lowest BCUT2D eigenvalue weighted by molar-refractivity contribution is -0.120. The first-order chi connectivity index (χ1) is 14.6. The Labute approximate surface area is 178 Å². The Morgan fingerprint density at radius 3 is 2.70 bits per heavy atom. The van der Waals surface area contributed by atoms with E-state index < -0.39 is 0 Å². The minimum absolute atomic E-state index is 0.152. The van der Waals surface area contributed by atoms with E-state index in [1.165, 1.54) is 23.6 Å². The third-order valence-electron chi connectivity index (χ3n) is 4.84. The van der Waals surface area contributed by atoms with Gasteiger partial charge < -0.3 is 10.6 Å². The quantitative estimate of drug-likeness (QED) is 0.468. The number of thiophene rings is 1. The molecule has 0 spiro atoms. The topological polar surface area (TPSA) is 76.0 Å². The van der Waals surface area contributed by atoms with Crippen LogP contribution in [0.25, 0.3) is 10.8 Å². The molecule has 152 valence electrons. The predicted molar refractivity (Wildman–Crippen MR) is 119 cm³/mol. The summed E-state index contributed by atoms with van der Waals surface area (Å²) in [6.45, 7) is 2.00. The maximum absolute atomic E-state index is 12.7. The van der Waals surface area contributed by atoms with E-state index in [4.69, 9.17) is 0 Å². The summed E-state index contributed by atoms with van der Waals surface area (Å²) in [4.78, 5) is 25.2. The first-order valence-corrected chi connectivity index (χ1v) is 10.6. The highest BCUT2D eigenvalue weighted by Gasteiger charge is 2.19. The van der Waals surface area contributed by atoms with Crippen LogP contribution in [0.5, 0.6) is 0 Å². The van der Waals surface area contributed by atoms with E-state index in [1.807, 2.05) is 35.7 Å². The van der Waals surface area contributed by atoms with Crippen LogP contribution in [0.4, 0.5) is 5.82 Å². The molecule has 2 aromatic heterocycles. The number of rotatable bonds is 7. The van der Waals surface area contributed by atoms with Crippen LogP contribution in [0.2, 0.25) is 0 Å². The van der Waals surface area contributed by atoms with Crippen LogP contribution >= 0.6 is 11.3 Å². The van der Waals surface area contributed by atoms with Crippen molar-refractivity contribution in [3.05, 3.63) is 82.7 Å². The molecule has 2 N–H and O–H groups in total. The van der Waals surface area contributed by atoms with Crippen LogP contribution < -0.4 is 10.6 Å². The second-order valence-corrected chi connectivity index (χ2v) is 8.01. The fourth-order valence-corrected chi connectivity index (χ4v) is 4.27. The molecule has 1 unspecified atom stereocenters. The normalized spacial score (nSPS) is 11.9. The molecule has 0 aliphatic heterocycles. The first kappa shape index (κ1) is 19.8. The highest BCUT2D eigenvalue weighted by Crippen LogP contribution is 2.24. The van der Waals surface area contributed by atoms with Crippen LogP contribution in [0.1, 0.15) is 29.8 Å². The van der Waals surface area contributed by atoms with Gasteiger partial charge in [0.1, 0.15) is 5.82 Å². The Balaban J connectivity index is 1.49. The second-order valence-electron chi connectivity index (χ2n) is 7.03. The molecular weight excluding hydrogens is 396 g/mol. The van der Waals surface area contributed by atoms with Gasteiger partial charge in [0.05, 0.1) is 25.2 Å². The van der Waals surface area contributed by atoms with E-state index >= 15 is 0 Å². The number of hydrogen-bond acceptors (Lipinski definition) is 4. The van der Waals surface area contributed by atoms with Gasteiger partial charge in [-0.25, -0.2) is 4.68 Å². The summed E-state index contributed by atoms with van der Waals surface area (Å²) in [6.07, 6.45) is 1.82.